The van der Waals surface area contributed by atoms with Crippen LogP contribution in [0.2, 0.25) is 0 Å². The van der Waals surface area contributed by atoms with Crippen molar-refractivity contribution in [3.8, 4) is 11.8 Å². The number of nitrogens with zero attached hydrogens (tertiary/aromatic N) is 3. The van der Waals surface area contributed by atoms with Crippen molar-refractivity contribution >= 4 is 17.9 Å². The third-order valence-electron chi connectivity index (χ3n) is 4.78. The van der Waals surface area contributed by atoms with Gasteiger partial charge in [0.1, 0.15) is 5.82 Å². The minimum Gasteiger partial charge on any atom is -0.465 e. The van der Waals surface area contributed by atoms with Gasteiger partial charge in [-0.15, -0.1) is 0 Å². The van der Waals surface area contributed by atoms with E-state index < -0.39 is 17.9 Å². The smallest absolute Gasteiger partial charge is 0.357 e. The zero-order valence-corrected chi connectivity index (χ0v) is 19.0. The molecule has 0 N–H and O–H groups in total. The highest BCUT2D eigenvalue weighted by molar-refractivity contribution is 6.03. The third kappa shape index (κ3) is 4.80. The Hall–Kier alpha value is -3.67. The second-order valence-electron chi connectivity index (χ2n) is 6.84. The molecule has 0 amide bonds. The molecule has 0 aliphatic rings. The van der Waals surface area contributed by atoms with E-state index in [0.29, 0.717) is 36.3 Å². The highest BCUT2D eigenvalue weighted by Crippen LogP contribution is 2.30. The minimum absolute atomic E-state index is 0.0172. The van der Waals surface area contributed by atoms with Crippen LogP contribution in [-0.2, 0) is 33.5 Å². The summed E-state index contributed by atoms with van der Waals surface area (Å²) >= 11 is 0. The van der Waals surface area contributed by atoms with Crippen LogP contribution in [0.25, 0.3) is 5.69 Å². The molecular weight excluding hydrogens is 414 g/mol. The van der Waals surface area contributed by atoms with Gasteiger partial charge in [0.05, 0.1) is 55.8 Å². The fourth-order valence-corrected chi connectivity index (χ4v) is 3.46. The van der Waals surface area contributed by atoms with Crippen LogP contribution < -0.4 is 0 Å². The Morgan fingerprint density at radius 2 is 1.62 bits per heavy atom. The Morgan fingerprint density at radius 1 is 1.03 bits per heavy atom. The summed E-state index contributed by atoms with van der Waals surface area (Å²) in [6, 6.07) is 4.96. The van der Waals surface area contributed by atoms with Crippen molar-refractivity contribution in [2.45, 2.75) is 46.5 Å². The lowest BCUT2D eigenvalue weighted by atomic mass is 9.99. The number of esters is 3. The predicted octanol–water partition coefficient (Wildman–Crippen LogP) is 3.20. The Labute approximate surface area is 186 Å². The SMILES string of the molecule is CCCc1nc(CC)c(C(=O)OCC)n1-c1c(C(=O)OC)cc(CC#N)cc1C(=O)OC. The van der Waals surface area contributed by atoms with Crippen molar-refractivity contribution in [2.24, 2.45) is 0 Å². The average Bonchev–Trinajstić information content (AvgIpc) is 3.16. The first kappa shape index (κ1) is 24.6. The molecule has 0 aliphatic heterocycles. The summed E-state index contributed by atoms with van der Waals surface area (Å²) in [5.41, 5.74) is 1.21. The standard InChI is InChI=1S/C23H27N3O6/c1-6-9-18-25-17(7-2)20(23(29)32-8-3)26(18)19-15(21(27)30-4)12-14(10-11-24)13-16(19)22(28)31-5/h12-13H,6-10H2,1-5H3. The van der Waals surface area contributed by atoms with Gasteiger partial charge in [-0.2, -0.15) is 5.26 Å². The lowest BCUT2D eigenvalue weighted by molar-refractivity contribution is 0.0510. The molecular formula is C23H27N3O6. The first-order valence-electron chi connectivity index (χ1n) is 10.4. The van der Waals surface area contributed by atoms with E-state index in [9.17, 15) is 14.4 Å². The average molecular weight is 441 g/mol. The number of nitriles is 1. The molecule has 0 fully saturated rings. The lowest BCUT2D eigenvalue weighted by Crippen LogP contribution is -2.21. The molecule has 0 aliphatic carbocycles. The summed E-state index contributed by atoms with van der Waals surface area (Å²) in [4.78, 5) is 43.1. The summed E-state index contributed by atoms with van der Waals surface area (Å²) in [5.74, 6) is -1.58. The number of methoxy groups -OCH3 is 2. The maximum Gasteiger partial charge on any atom is 0.357 e. The molecule has 1 aromatic carbocycles. The summed E-state index contributed by atoms with van der Waals surface area (Å²) in [6.07, 6.45) is 1.58. The second kappa shape index (κ2) is 11.1. The van der Waals surface area contributed by atoms with Gasteiger partial charge in [0.25, 0.3) is 0 Å². The molecule has 1 aromatic heterocycles. The molecule has 32 heavy (non-hydrogen) atoms. The Morgan fingerprint density at radius 3 is 2.06 bits per heavy atom. The van der Waals surface area contributed by atoms with Crippen LogP contribution in [0.3, 0.4) is 0 Å². The minimum atomic E-state index is -0.728. The zero-order chi connectivity index (χ0) is 23.8. The molecule has 0 spiro atoms. The van der Waals surface area contributed by atoms with Crippen molar-refractivity contribution in [3.05, 3.63) is 46.0 Å². The molecule has 0 radical (unpaired) electrons. The van der Waals surface area contributed by atoms with Crippen LogP contribution >= 0.6 is 0 Å². The van der Waals surface area contributed by atoms with Crippen molar-refractivity contribution < 1.29 is 28.6 Å². The molecule has 9 nitrogen and oxygen atoms in total. The molecule has 9 heteroatoms. The maximum absolute atomic E-state index is 12.9. The van der Waals surface area contributed by atoms with E-state index in [1.165, 1.54) is 30.9 Å². The van der Waals surface area contributed by atoms with Gasteiger partial charge in [-0.1, -0.05) is 13.8 Å². The van der Waals surface area contributed by atoms with Crippen LogP contribution in [0.15, 0.2) is 12.1 Å². The molecule has 0 saturated heterocycles. The fourth-order valence-electron chi connectivity index (χ4n) is 3.46. The monoisotopic (exact) mass is 441 g/mol. The molecule has 0 saturated carbocycles. The van der Waals surface area contributed by atoms with Gasteiger partial charge in [0.2, 0.25) is 0 Å². The summed E-state index contributed by atoms with van der Waals surface area (Å²) < 4.78 is 16.7. The number of hydrogen-bond donors (Lipinski definition) is 0. The molecule has 2 rings (SSSR count). The van der Waals surface area contributed by atoms with Crippen LogP contribution in [0.1, 0.15) is 75.5 Å². The van der Waals surface area contributed by atoms with Gasteiger partial charge in [0.15, 0.2) is 5.69 Å². The summed E-state index contributed by atoms with van der Waals surface area (Å²) in [5, 5.41) is 9.15. The van der Waals surface area contributed by atoms with Gasteiger partial charge in [-0.25, -0.2) is 19.4 Å². The van der Waals surface area contributed by atoms with E-state index in [1.807, 2.05) is 19.9 Å². The molecule has 0 unspecified atom stereocenters. The van der Waals surface area contributed by atoms with Crippen molar-refractivity contribution in [2.75, 3.05) is 20.8 Å². The predicted molar refractivity (Wildman–Crippen MR) is 115 cm³/mol. The second-order valence-corrected chi connectivity index (χ2v) is 6.84. The molecule has 1 heterocycles. The molecule has 2 aromatic rings. The fraction of sp³-hybridized carbons (Fsp3) is 0.435. The van der Waals surface area contributed by atoms with E-state index in [1.54, 1.807) is 6.92 Å². The van der Waals surface area contributed by atoms with Crippen molar-refractivity contribution in [1.29, 1.82) is 5.26 Å². The summed E-state index contributed by atoms with van der Waals surface area (Å²) in [6.45, 7) is 5.63. The number of carbonyl (C=O) groups excluding carboxylic acids is 3. The van der Waals surface area contributed by atoms with E-state index in [0.717, 1.165) is 0 Å². The first-order chi connectivity index (χ1) is 15.4. The Bertz CT molecular complexity index is 1030. The Balaban J connectivity index is 3.07. The van der Waals surface area contributed by atoms with E-state index >= 15 is 0 Å². The van der Waals surface area contributed by atoms with Crippen molar-refractivity contribution in [3.63, 3.8) is 0 Å². The highest BCUT2D eigenvalue weighted by Gasteiger charge is 2.31. The first-order valence-corrected chi connectivity index (χ1v) is 10.4. The largest absolute Gasteiger partial charge is 0.465 e. The van der Waals surface area contributed by atoms with Gasteiger partial charge < -0.3 is 14.2 Å². The Kier molecular flexibility index (Phi) is 8.53. The lowest BCUT2D eigenvalue weighted by Gasteiger charge is -2.19. The molecule has 0 atom stereocenters. The number of ether oxygens (including phenoxy) is 3. The van der Waals surface area contributed by atoms with Crippen LogP contribution in [-0.4, -0.2) is 48.3 Å². The number of benzene rings is 1. The van der Waals surface area contributed by atoms with Crippen LogP contribution in [0.5, 0.6) is 0 Å². The zero-order valence-electron chi connectivity index (χ0n) is 19.0. The topological polar surface area (TPSA) is 121 Å². The molecule has 0 bridgehead atoms. The van der Waals surface area contributed by atoms with Gasteiger partial charge >= 0.3 is 17.9 Å². The van der Waals surface area contributed by atoms with Gasteiger partial charge in [-0.3, -0.25) is 4.57 Å². The third-order valence-corrected chi connectivity index (χ3v) is 4.78. The van der Waals surface area contributed by atoms with E-state index in [-0.39, 0.29) is 35.5 Å². The normalized spacial score (nSPS) is 10.4. The number of aromatic nitrogens is 2. The van der Waals surface area contributed by atoms with E-state index in [4.69, 9.17) is 19.5 Å². The highest BCUT2D eigenvalue weighted by atomic mass is 16.5. The van der Waals surface area contributed by atoms with Crippen molar-refractivity contribution in [1.82, 2.24) is 9.55 Å². The van der Waals surface area contributed by atoms with Gasteiger partial charge in [-0.05, 0) is 37.5 Å². The number of carbonyl (C=O) groups is 3. The molecule has 170 valence electrons. The summed E-state index contributed by atoms with van der Waals surface area (Å²) in [7, 11) is 2.43. The van der Waals surface area contributed by atoms with E-state index in [2.05, 4.69) is 4.98 Å². The van der Waals surface area contributed by atoms with Gasteiger partial charge in [0, 0.05) is 6.42 Å². The number of imidazole rings is 1. The van der Waals surface area contributed by atoms with Crippen LogP contribution in [0.4, 0.5) is 0 Å². The number of rotatable bonds is 9. The quantitative estimate of drug-likeness (QED) is 0.430. The van der Waals surface area contributed by atoms with Crippen LogP contribution in [0, 0.1) is 11.3 Å². The number of aryl methyl sites for hydroxylation is 2. The maximum atomic E-state index is 12.9. The number of hydrogen-bond acceptors (Lipinski definition) is 8.